The van der Waals surface area contributed by atoms with E-state index in [1.54, 1.807) is 7.11 Å². The lowest BCUT2D eigenvalue weighted by atomic mass is 10.0. The summed E-state index contributed by atoms with van der Waals surface area (Å²) in [5.74, 6) is 1.63. The Labute approximate surface area is 112 Å². The summed E-state index contributed by atoms with van der Waals surface area (Å²) < 4.78 is 7.21. The van der Waals surface area contributed by atoms with E-state index in [-0.39, 0.29) is 0 Å². The smallest absolute Gasteiger partial charge is 0.118 e. The molecule has 2 aromatic carbocycles. The van der Waals surface area contributed by atoms with Gasteiger partial charge < -0.3 is 15.0 Å². The van der Waals surface area contributed by atoms with Crippen LogP contribution in [0.15, 0.2) is 48.5 Å². The number of nitrogens with two attached hydrogens (primary N) is 1. The van der Waals surface area contributed by atoms with E-state index in [1.165, 1.54) is 5.39 Å². The number of aryl methyl sites for hydroxylation is 1. The lowest BCUT2D eigenvalue weighted by Crippen LogP contribution is -1.96. The molecular weight excluding hydrogens is 236 g/mol. The van der Waals surface area contributed by atoms with Gasteiger partial charge >= 0.3 is 0 Å². The fraction of sp³-hybridized carbons (Fsp3) is 0.125. The first kappa shape index (κ1) is 11.7. The highest BCUT2D eigenvalue weighted by molar-refractivity contribution is 6.02. The number of hydrogen-bond donors (Lipinski definition) is 1. The fourth-order valence-corrected chi connectivity index (χ4v) is 2.47. The Kier molecular flexibility index (Phi) is 2.67. The van der Waals surface area contributed by atoms with Crippen LogP contribution < -0.4 is 10.5 Å². The molecule has 0 atom stereocenters. The average Bonchev–Trinajstić information content (AvgIpc) is 2.72. The molecule has 3 aromatic rings. The van der Waals surface area contributed by atoms with Crippen LogP contribution in [0, 0.1) is 0 Å². The van der Waals surface area contributed by atoms with E-state index in [0.29, 0.717) is 0 Å². The summed E-state index contributed by atoms with van der Waals surface area (Å²) >= 11 is 0. The van der Waals surface area contributed by atoms with E-state index >= 15 is 0 Å². The molecule has 0 aliphatic rings. The highest BCUT2D eigenvalue weighted by atomic mass is 16.5. The second-order valence-corrected chi connectivity index (χ2v) is 4.56. The average molecular weight is 252 g/mol. The van der Waals surface area contributed by atoms with Gasteiger partial charge in [-0.15, -0.1) is 0 Å². The highest BCUT2D eigenvalue weighted by Gasteiger charge is 2.13. The molecule has 2 N–H and O–H groups in total. The Morgan fingerprint density at radius 2 is 1.68 bits per heavy atom. The van der Waals surface area contributed by atoms with Crippen molar-refractivity contribution in [1.29, 1.82) is 0 Å². The van der Waals surface area contributed by atoms with Gasteiger partial charge in [-0.3, -0.25) is 0 Å². The van der Waals surface area contributed by atoms with E-state index in [0.717, 1.165) is 28.2 Å². The summed E-state index contributed by atoms with van der Waals surface area (Å²) in [5, 5.41) is 1.17. The van der Waals surface area contributed by atoms with E-state index in [1.807, 2.05) is 48.0 Å². The molecule has 3 heteroatoms. The van der Waals surface area contributed by atoms with E-state index in [9.17, 15) is 0 Å². The second kappa shape index (κ2) is 4.35. The monoisotopic (exact) mass is 252 g/mol. The number of nitrogens with zero attached hydrogens (tertiary/aromatic N) is 1. The van der Waals surface area contributed by atoms with Crippen LogP contribution in [-0.4, -0.2) is 11.7 Å². The van der Waals surface area contributed by atoms with Gasteiger partial charge in [-0.1, -0.05) is 30.3 Å². The Hall–Kier alpha value is -2.42. The summed E-state index contributed by atoms with van der Waals surface area (Å²) in [5.41, 5.74) is 9.58. The maximum atomic E-state index is 6.25. The molecule has 0 saturated carbocycles. The van der Waals surface area contributed by atoms with Gasteiger partial charge in [-0.05, 0) is 23.8 Å². The molecule has 96 valence electrons. The maximum Gasteiger partial charge on any atom is 0.118 e. The molecule has 19 heavy (non-hydrogen) atoms. The van der Waals surface area contributed by atoms with Gasteiger partial charge in [0.05, 0.1) is 7.11 Å². The van der Waals surface area contributed by atoms with Crippen LogP contribution in [-0.2, 0) is 7.05 Å². The van der Waals surface area contributed by atoms with Crippen LogP contribution in [0.5, 0.6) is 5.75 Å². The van der Waals surface area contributed by atoms with Gasteiger partial charge in [0.1, 0.15) is 11.6 Å². The summed E-state index contributed by atoms with van der Waals surface area (Å²) in [6, 6.07) is 16.2. The number of fused-ring (bicyclic) bond motifs is 1. The Morgan fingerprint density at radius 3 is 2.37 bits per heavy atom. The number of nitrogen functional groups attached to an aromatic ring is 1. The predicted molar refractivity (Wildman–Crippen MR) is 79.3 cm³/mol. The minimum Gasteiger partial charge on any atom is -0.497 e. The topological polar surface area (TPSA) is 40.2 Å². The van der Waals surface area contributed by atoms with Crippen LogP contribution in [0.4, 0.5) is 5.82 Å². The molecule has 0 aliphatic carbocycles. The SMILES string of the molecule is COc1ccc(-c2c(N)n(C)c3ccccc23)cc1. The first-order chi connectivity index (χ1) is 9.22. The number of aromatic nitrogens is 1. The predicted octanol–water partition coefficient (Wildman–Crippen LogP) is 3.44. The molecule has 1 aromatic heterocycles. The van der Waals surface area contributed by atoms with Crippen molar-refractivity contribution >= 4 is 16.7 Å². The molecule has 3 rings (SSSR count). The van der Waals surface area contributed by atoms with Crippen molar-refractivity contribution in [3.63, 3.8) is 0 Å². The summed E-state index contributed by atoms with van der Waals surface area (Å²) in [4.78, 5) is 0. The first-order valence-corrected chi connectivity index (χ1v) is 6.19. The minimum atomic E-state index is 0.784. The summed E-state index contributed by atoms with van der Waals surface area (Å²) in [6.07, 6.45) is 0. The molecule has 0 aliphatic heterocycles. The first-order valence-electron chi connectivity index (χ1n) is 6.19. The molecule has 0 spiro atoms. The zero-order valence-corrected chi connectivity index (χ0v) is 11.1. The van der Waals surface area contributed by atoms with Crippen molar-refractivity contribution in [2.75, 3.05) is 12.8 Å². The molecule has 0 bridgehead atoms. The van der Waals surface area contributed by atoms with Crippen molar-refractivity contribution < 1.29 is 4.74 Å². The van der Waals surface area contributed by atoms with Gasteiger partial charge in [0.2, 0.25) is 0 Å². The number of para-hydroxylation sites is 1. The molecule has 0 unspecified atom stereocenters. The zero-order valence-electron chi connectivity index (χ0n) is 11.1. The number of hydrogen-bond acceptors (Lipinski definition) is 2. The third-order valence-electron chi connectivity index (χ3n) is 3.53. The number of anilines is 1. The van der Waals surface area contributed by atoms with Crippen molar-refractivity contribution in [2.24, 2.45) is 7.05 Å². The van der Waals surface area contributed by atoms with E-state index in [4.69, 9.17) is 10.5 Å². The highest BCUT2D eigenvalue weighted by Crippen LogP contribution is 2.36. The Bertz CT molecular complexity index is 726. The van der Waals surface area contributed by atoms with Crippen molar-refractivity contribution in [2.45, 2.75) is 0 Å². The van der Waals surface area contributed by atoms with Crippen LogP contribution in [0.3, 0.4) is 0 Å². The molecule has 0 amide bonds. The van der Waals surface area contributed by atoms with Gasteiger partial charge in [0.25, 0.3) is 0 Å². The van der Waals surface area contributed by atoms with Crippen LogP contribution in [0.2, 0.25) is 0 Å². The molecule has 0 fully saturated rings. The molecule has 1 heterocycles. The van der Waals surface area contributed by atoms with Gasteiger partial charge in [-0.2, -0.15) is 0 Å². The van der Waals surface area contributed by atoms with Gasteiger partial charge in [-0.25, -0.2) is 0 Å². The molecule has 3 nitrogen and oxygen atoms in total. The van der Waals surface area contributed by atoms with E-state index in [2.05, 4.69) is 12.1 Å². The van der Waals surface area contributed by atoms with Gasteiger partial charge in [0.15, 0.2) is 0 Å². The maximum absolute atomic E-state index is 6.25. The Balaban J connectivity index is 2.26. The molecule has 0 radical (unpaired) electrons. The number of rotatable bonds is 2. The summed E-state index contributed by atoms with van der Waals surface area (Å²) in [6.45, 7) is 0. The van der Waals surface area contributed by atoms with Crippen LogP contribution in [0.25, 0.3) is 22.0 Å². The summed E-state index contributed by atoms with van der Waals surface area (Å²) in [7, 11) is 3.66. The fourth-order valence-electron chi connectivity index (χ4n) is 2.47. The Morgan fingerprint density at radius 1 is 1.00 bits per heavy atom. The van der Waals surface area contributed by atoms with Crippen LogP contribution in [0.1, 0.15) is 0 Å². The van der Waals surface area contributed by atoms with Crippen molar-refractivity contribution in [3.05, 3.63) is 48.5 Å². The number of methoxy groups -OCH3 is 1. The number of ether oxygens (including phenoxy) is 1. The zero-order chi connectivity index (χ0) is 13.4. The van der Waals surface area contributed by atoms with Crippen molar-refractivity contribution in [3.8, 4) is 16.9 Å². The van der Waals surface area contributed by atoms with Crippen LogP contribution >= 0.6 is 0 Å². The third kappa shape index (κ3) is 1.74. The normalized spacial score (nSPS) is 10.8. The number of benzene rings is 2. The standard InChI is InChI=1S/C16H16N2O/c1-18-14-6-4-3-5-13(14)15(16(18)17)11-7-9-12(19-2)10-8-11/h3-10H,17H2,1-2H3. The minimum absolute atomic E-state index is 0.784. The van der Waals surface area contributed by atoms with E-state index < -0.39 is 0 Å². The lowest BCUT2D eigenvalue weighted by Gasteiger charge is -2.04. The quantitative estimate of drug-likeness (QED) is 0.759. The second-order valence-electron chi connectivity index (χ2n) is 4.56. The van der Waals surface area contributed by atoms with Crippen molar-refractivity contribution in [1.82, 2.24) is 4.57 Å². The molecular formula is C16H16N2O. The lowest BCUT2D eigenvalue weighted by molar-refractivity contribution is 0.415. The van der Waals surface area contributed by atoms with Gasteiger partial charge in [0, 0.05) is 23.5 Å². The third-order valence-corrected chi connectivity index (χ3v) is 3.53. The molecule has 0 saturated heterocycles. The largest absolute Gasteiger partial charge is 0.497 e.